The average molecular weight is 284 g/mol. The van der Waals surface area contributed by atoms with Crippen LogP contribution in [0, 0.1) is 17.2 Å². The maximum absolute atomic E-state index is 9.65. The smallest absolute Gasteiger partial charge is 0.133 e. The van der Waals surface area contributed by atoms with Crippen molar-refractivity contribution in [1.29, 1.82) is 5.26 Å². The minimum Gasteiger partial charge on any atom is -0.370 e. The van der Waals surface area contributed by atoms with Crippen molar-refractivity contribution in [2.24, 2.45) is 5.92 Å². The second-order valence-corrected chi connectivity index (χ2v) is 6.28. The molecule has 3 nitrogen and oxygen atoms in total. The van der Waals surface area contributed by atoms with Crippen LogP contribution in [0.15, 0.2) is 24.3 Å². The zero-order chi connectivity index (χ0) is 14.7. The van der Waals surface area contributed by atoms with Crippen LogP contribution in [0.2, 0.25) is 0 Å². The van der Waals surface area contributed by atoms with E-state index < -0.39 is 5.54 Å². The van der Waals surface area contributed by atoms with Gasteiger partial charge in [0.2, 0.25) is 0 Å². The topological polar surface area (TPSA) is 45.0 Å². The first-order valence-corrected chi connectivity index (χ1v) is 8.15. The largest absolute Gasteiger partial charge is 0.370 e. The fraction of sp³-hybridized carbons (Fsp3) is 0.611. The van der Waals surface area contributed by atoms with Crippen molar-refractivity contribution in [3.05, 3.63) is 35.4 Å². The molecule has 1 aromatic rings. The number of hydrogen-bond acceptors (Lipinski definition) is 3. The molecule has 3 rings (SSSR count). The lowest BCUT2D eigenvalue weighted by molar-refractivity contribution is 0.00769. The molecule has 1 saturated carbocycles. The first kappa shape index (κ1) is 14.6. The van der Waals surface area contributed by atoms with Gasteiger partial charge in [0.25, 0.3) is 0 Å². The molecule has 2 unspecified atom stereocenters. The zero-order valence-corrected chi connectivity index (χ0v) is 12.8. The Morgan fingerprint density at radius 1 is 1.33 bits per heavy atom. The molecule has 0 amide bonds. The van der Waals surface area contributed by atoms with E-state index >= 15 is 0 Å². The number of likely N-dealkylation sites (N-methyl/N-ethyl adjacent to an activating group) is 1. The molecule has 2 atom stereocenters. The quantitative estimate of drug-likeness (QED) is 0.871. The number of aryl methyl sites for hydroxylation is 1. The highest BCUT2D eigenvalue weighted by Crippen LogP contribution is 2.41. The van der Waals surface area contributed by atoms with Crippen LogP contribution in [-0.2, 0) is 11.2 Å². The van der Waals surface area contributed by atoms with Crippen molar-refractivity contribution in [2.45, 2.75) is 50.7 Å². The second-order valence-electron chi connectivity index (χ2n) is 6.28. The Balaban J connectivity index is 1.71. The van der Waals surface area contributed by atoms with E-state index in [0.29, 0.717) is 12.5 Å². The lowest BCUT2D eigenvalue weighted by atomic mass is 9.89. The van der Waals surface area contributed by atoms with Crippen molar-refractivity contribution in [3.8, 4) is 6.07 Å². The highest BCUT2D eigenvalue weighted by molar-refractivity contribution is 5.31. The minimum absolute atomic E-state index is 0.153. The molecule has 0 radical (unpaired) electrons. The maximum Gasteiger partial charge on any atom is 0.133 e. The fourth-order valence-electron chi connectivity index (χ4n) is 3.48. The Hall–Kier alpha value is -1.37. The van der Waals surface area contributed by atoms with E-state index in [1.807, 2.05) is 0 Å². The zero-order valence-electron chi connectivity index (χ0n) is 12.8. The van der Waals surface area contributed by atoms with Gasteiger partial charge in [0, 0.05) is 0 Å². The summed E-state index contributed by atoms with van der Waals surface area (Å²) in [7, 11) is 0. The van der Waals surface area contributed by atoms with Gasteiger partial charge in [0.15, 0.2) is 0 Å². The van der Waals surface area contributed by atoms with Crippen molar-refractivity contribution in [1.82, 2.24) is 5.32 Å². The summed E-state index contributed by atoms with van der Waals surface area (Å²) in [6.07, 6.45) is 5.83. The Labute approximate surface area is 127 Å². The Kier molecular flexibility index (Phi) is 4.28. The van der Waals surface area contributed by atoms with E-state index in [0.717, 1.165) is 32.2 Å². The number of rotatable bonds is 6. The van der Waals surface area contributed by atoms with Crippen LogP contribution in [0.5, 0.6) is 0 Å². The molecule has 21 heavy (non-hydrogen) atoms. The van der Waals surface area contributed by atoms with Crippen molar-refractivity contribution in [2.75, 3.05) is 13.2 Å². The number of nitriles is 1. The summed E-state index contributed by atoms with van der Waals surface area (Å²) in [5.74, 6) is 0.460. The van der Waals surface area contributed by atoms with E-state index in [1.54, 1.807) is 0 Å². The van der Waals surface area contributed by atoms with Crippen LogP contribution in [0.25, 0.3) is 0 Å². The molecule has 2 aliphatic rings. The number of ether oxygens (including phenoxy) is 1. The molecular weight excluding hydrogens is 260 g/mol. The molecule has 0 saturated heterocycles. The molecule has 0 heterocycles. The van der Waals surface area contributed by atoms with Gasteiger partial charge in [-0.2, -0.15) is 5.26 Å². The van der Waals surface area contributed by atoms with Gasteiger partial charge in [0.1, 0.15) is 5.54 Å². The van der Waals surface area contributed by atoms with Crippen molar-refractivity contribution < 1.29 is 4.74 Å². The maximum atomic E-state index is 9.65. The summed E-state index contributed by atoms with van der Waals surface area (Å²) in [5, 5.41) is 13.0. The number of hydrogen-bond donors (Lipinski definition) is 1. The van der Waals surface area contributed by atoms with Gasteiger partial charge in [-0.3, -0.25) is 5.32 Å². The van der Waals surface area contributed by atoms with E-state index in [4.69, 9.17) is 4.74 Å². The summed E-state index contributed by atoms with van der Waals surface area (Å²) in [6, 6.07) is 11.1. The van der Waals surface area contributed by atoms with Gasteiger partial charge in [-0.1, -0.05) is 31.2 Å². The van der Waals surface area contributed by atoms with Gasteiger partial charge >= 0.3 is 0 Å². The standard InChI is InChI=1S/C18H24N2O/c1-2-20-18(12-19,15-10-11-15)13-21-17-9-5-7-14-6-3-4-8-16(14)17/h3-4,6,8,15,17,20H,2,5,7,9-11,13H2,1H3. The minimum atomic E-state index is -0.485. The number of benzene rings is 1. The Bertz CT molecular complexity index is 532. The average Bonchev–Trinajstić information content (AvgIpc) is 3.37. The Morgan fingerprint density at radius 2 is 2.14 bits per heavy atom. The molecule has 0 bridgehead atoms. The van der Waals surface area contributed by atoms with Crippen LogP contribution in [0.4, 0.5) is 0 Å². The van der Waals surface area contributed by atoms with Crippen LogP contribution in [0.3, 0.4) is 0 Å². The van der Waals surface area contributed by atoms with Crippen LogP contribution < -0.4 is 5.32 Å². The van der Waals surface area contributed by atoms with Gasteiger partial charge in [-0.15, -0.1) is 0 Å². The molecular formula is C18H24N2O. The summed E-state index contributed by atoms with van der Waals surface area (Å²) >= 11 is 0. The predicted molar refractivity (Wildman–Crippen MR) is 82.8 cm³/mol. The van der Waals surface area contributed by atoms with Gasteiger partial charge in [-0.25, -0.2) is 0 Å². The molecule has 2 aliphatic carbocycles. The molecule has 112 valence electrons. The third-order valence-corrected chi connectivity index (χ3v) is 4.79. The number of fused-ring (bicyclic) bond motifs is 1. The third-order valence-electron chi connectivity index (χ3n) is 4.79. The third kappa shape index (κ3) is 2.97. The normalized spacial score (nSPS) is 23.9. The first-order valence-electron chi connectivity index (χ1n) is 8.15. The number of nitrogens with zero attached hydrogens (tertiary/aromatic N) is 1. The first-order chi connectivity index (χ1) is 10.3. The highest BCUT2D eigenvalue weighted by Gasteiger charge is 2.46. The molecule has 1 fully saturated rings. The van der Waals surface area contributed by atoms with Gasteiger partial charge < -0.3 is 4.74 Å². The SMILES string of the molecule is CCNC(C#N)(COC1CCCc2ccccc21)C1CC1. The van der Waals surface area contributed by atoms with E-state index in [1.165, 1.54) is 17.5 Å². The van der Waals surface area contributed by atoms with E-state index in [9.17, 15) is 5.26 Å². The van der Waals surface area contributed by atoms with E-state index in [-0.39, 0.29) is 6.10 Å². The van der Waals surface area contributed by atoms with Crippen molar-refractivity contribution in [3.63, 3.8) is 0 Å². The molecule has 1 N–H and O–H groups in total. The Morgan fingerprint density at radius 3 is 2.86 bits per heavy atom. The van der Waals surface area contributed by atoms with Gasteiger partial charge in [0.05, 0.1) is 18.8 Å². The highest BCUT2D eigenvalue weighted by atomic mass is 16.5. The lowest BCUT2D eigenvalue weighted by Gasteiger charge is -2.32. The van der Waals surface area contributed by atoms with E-state index in [2.05, 4.69) is 42.6 Å². The second kappa shape index (κ2) is 6.17. The monoisotopic (exact) mass is 284 g/mol. The number of nitrogens with one attached hydrogen (secondary N) is 1. The molecule has 1 aromatic carbocycles. The lowest BCUT2D eigenvalue weighted by Crippen LogP contribution is -2.50. The molecule has 0 aliphatic heterocycles. The summed E-state index contributed by atoms with van der Waals surface area (Å²) in [5.41, 5.74) is 2.25. The van der Waals surface area contributed by atoms with Gasteiger partial charge in [-0.05, 0) is 55.7 Å². The fourth-order valence-corrected chi connectivity index (χ4v) is 3.48. The predicted octanol–water partition coefficient (Wildman–Crippen LogP) is 3.36. The van der Waals surface area contributed by atoms with Crippen LogP contribution >= 0.6 is 0 Å². The molecule has 0 spiro atoms. The summed E-state index contributed by atoms with van der Waals surface area (Å²) < 4.78 is 6.23. The molecule has 0 aromatic heterocycles. The molecule has 3 heteroatoms. The van der Waals surface area contributed by atoms with Crippen LogP contribution in [-0.4, -0.2) is 18.7 Å². The van der Waals surface area contributed by atoms with Crippen molar-refractivity contribution >= 4 is 0 Å². The summed E-state index contributed by atoms with van der Waals surface area (Å²) in [4.78, 5) is 0. The summed E-state index contributed by atoms with van der Waals surface area (Å²) in [6.45, 7) is 3.38. The van der Waals surface area contributed by atoms with Crippen LogP contribution in [0.1, 0.15) is 49.8 Å².